The average molecular weight is 495 g/mol. The number of thiophene rings is 1. The molecule has 11 heteroatoms. The zero-order valence-electron chi connectivity index (χ0n) is 18.3. The number of amides is 1. The topological polar surface area (TPSA) is 156 Å². The third kappa shape index (κ3) is 7.58. The van der Waals surface area contributed by atoms with E-state index in [-0.39, 0.29) is 16.9 Å². The van der Waals surface area contributed by atoms with Crippen LogP contribution >= 0.6 is 23.1 Å². The van der Waals surface area contributed by atoms with Gasteiger partial charge in [0.1, 0.15) is 17.7 Å². The predicted molar refractivity (Wildman–Crippen MR) is 126 cm³/mol. The quantitative estimate of drug-likeness (QED) is 0.365. The fourth-order valence-corrected chi connectivity index (χ4v) is 5.10. The Morgan fingerprint density at radius 3 is 2.24 bits per heavy atom. The van der Waals surface area contributed by atoms with E-state index in [9.17, 15) is 29.4 Å². The number of hydrogen-bond acceptors (Lipinski definition) is 8. The van der Waals surface area contributed by atoms with Gasteiger partial charge in [-0.1, -0.05) is 18.2 Å². The summed E-state index contributed by atoms with van der Waals surface area (Å²) in [6, 6.07) is 6.67. The molecule has 1 aromatic carbocycles. The van der Waals surface area contributed by atoms with E-state index in [1.807, 2.05) is 5.38 Å². The first-order valence-electron chi connectivity index (χ1n) is 9.90. The monoisotopic (exact) mass is 494 g/mol. The second-order valence-electron chi connectivity index (χ2n) is 8.04. The summed E-state index contributed by atoms with van der Waals surface area (Å²) >= 11 is 2.46. The maximum Gasteiger partial charge on any atom is 0.336 e. The van der Waals surface area contributed by atoms with Crippen LogP contribution in [0.2, 0.25) is 0 Å². The van der Waals surface area contributed by atoms with E-state index in [4.69, 9.17) is 10.5 Å². The summed E-state index contributed by atoms with van der Waals surface area (Å²) in [5.41, 5.74) is 5.05. The molecule has 33 heavy (non-hydrogen) atoms. The smallest absolute Gasteiger partial charge is 0.336 e. The second kappa shape index (κ2) is 11.3. The Morgan fingerprint density at radius 2 is 1.73 bits per heavy atom. The maximum absolute atomic E-state index is 12.6. The number of carbonyl (C=O) groups excluding carboxylic acids is 2. The van der Waals surface area contributed by atoms with E-state index in [1.165, 1.54) is 35.6 Å². The Hall–Kier alpha value is -2.89. The Bertz CT molecular complexity index is 1000. The molecule has 2 aromatic rings. The molecule has 0 spiro atoms. The van der Waals surface area contributed by atoms with E-state index >= 15 is 0 Å². The molecular weight excluding hydrogens is 468 g/mol. The Morgan fingerprint density at radius 1 is 1.09 bits per heavy atom. The van der Waals surface area contributed by atoms with Crippen molar-refractivity contribution in [1.29, 1.82) is 0 Å². The highest BCUT2D eigenvalue weighted by atomic mass is 32.2. The lowest BCUT2D eigenvalue weighted by Gasteiger charge is -2.27. The third-order valence-electron chi connectivity index (χ3n) is 4.28. The van der Waals surface area contributed by atoms with E-state index < -0.39 is 46.7 Å². The van der Waals surface area contributed by atoms with Crippen molar-refractivity contribution in [3.8, 4) is 0 Å². The lowest BCUT2D eigenvalue weighted by molar-refractivity contribution is -0.156. The van der Waals surface area contributed by atoms with Crippen LogP contribution in [-0.2, 0) is 14.3 Å². The van der Waals surface area contributed by atoms with Crippen LogP contribution in [0.3, 0.4) is 0 Å². The van der Waals surface area contributed by atoms with Crippen molar-refractivity contribution in [2.45, 2.75) is 43.7 Å². The maximum atomic E-state index is 12.6. The number of hydrogen-bond donors (Lipinski definition) is 4. The SMILES string of the molecule is CC(C)(C)OC(=O)C(N)C(SC[C@H](NC(=O)c1ccccc1C(=O)O)C(=O)O)c1cccs1. The van der Waals surface area contributed by atoms with Crippen LogP contribution in [0.25, 0.3) is 0 Å². The van der Waals surface area contributed by atoms with Gasteiger partial charge in [-0.2, -0.15) is 0 Å². The van der Waals surface area contributed by atoms with Gasteiger partial charge in [0.2, 0.25) is 0 Å². The lowest BCUT2D eigenvalue weighted by atomic mass is 10.1. The van der Waals surface area contributed by atoms with Crippen LogP contribution in [0, 0.1) is 0 Å². The van der Waals surface area contributed by atoms with Crippen molar-refractivity contribution >= 4 is 46.9 Å². The summed E-state index contributed by atoms with van der Waals surface area (Å²) < 4.78 is 5.38. The molecule has 3 atom stereocenters. The molecule has 1 heterocycles. The van der Waals surface area contributed by atoms with Crippen LogP contribution < -0.4 is 11.1 Å². The van der Waals surface area contributed by atoms with E-state index in [0.717, 1.165) is 16.6 Å². The van der Waals surface area contributed by atoms with Crippen molar-refractivity contribution < 1.29 is 34.1 Å². The molecule has 9 nitrogen and oxygen atoms in total. The van der Waals surface area contributed by atoms with Crippen molar-refractivity contribution in [1.82, 2.24) is 5.32 Å². The first-order chi connectivity index (χ1) is 15.4. The number of esters is 1. The Balaban J connectivity index is 2.18. The minimum atomic E-state index is -1.35. The van der Waals surface area contributed by atoms with Crippen LogP contribution in [0.4, 0.5) is 0 Å². The number of rotatable bonds is 10. The van der Waals surface area contributed by atoms with Gasteiger partial charge in [0.25, 0.3) is 5.91 Å². The molecule has 1 amide bonds. The van der Waals surface area contributed by atoms with Gasteiger partial charge >= 0.3 is 17.9 Å². The molecule has 0 aliphatic rings. The number of carboxylic acids is 2. The number of aromatic carboxylic acids is 1. The largest absolute Gasteiger partial charge is 0.480 e. The van der Waals surface area contributed by atoms with Crippen molar-refractivity contribution in [3.63, 3.8) is 0 Å². The predicted octanol–water partition coefficient (Wildman–Crippen LogP) is 2.77. The van der Waals surface area contributed by atoms with Crippen LogP contribution in [-0.4, -0.2) is 57.5 Å². The van der Waals surface area contributed by atoms with Crippen molar-refractivity contribution in [2.24, 2.45) is 5.73 Å². The molecule has 0 saturated heterocycles. The van der Waals surface area contributed by atoms with Gasteiger partial charge in [-0.3, -0.25) is 9.59 Å². The lowest BCUT2D eigenvalue weighted by Crippen LogP contribution is -2.44. The van der Waals surface area contributed by atoms with Crippen molar-refractivity contribution in [3.05, 3.63) is 57.8 Å². The number of benzene rings is 1. The van der Waals surface area contributed by atoms with Gasteiger partial charge in [-0.05, 0) is 44.4 Å². The number of carbonyl (C=O) groups is 4. The first kappa shape index (κ1) is 26.4. The third-order valence-corrected chi connectivity index (χ3v) is 6.81. The second-order valence-corrected chi connectivity index (χ2v) is 10.2. The van der Waals surface area contributed by atoms with Crippen molar-refractivity contribution in [2.75, 3.05) is 5.75 Å². The normalized spacial score (nSPS) is 14.1. The average Bonchev–Trinajstić information content (AvgIpc) is 3.25. The van der Waals surface area contributed by atoms with E-state index in [0.29, 0.717) is 0 Å². The Kier molecular flexibility index (Phi) is 9.03. The molecule has 0 saturated carbocycles. The van der Waals surface area contributed by atoms with Gasteiger partial charge < -0.3 is 26.0 Å². The zero-order valence-corrected chi connectivity index (χ0v) is 19.9. The summed E-state index contributed by atoms with van der Waals surface area (Å²) in [5, 5.41) is 22.5. The Labute approximate surface area is 199 Å². The number of thioether (sulfide) groups is 1. The first-order valence-corrected chi connectivity index (χ1v) is 11.8. The fraction of sp³-hybridized carbons (Fsp3) is 0.364. The fourth-order valence-electron chi connectivity index (χ4n) is 2.79. The molecule has 178 valence electrons. The molecule has 5 N–H and O–H groups in total. The molecule has 0 aliphatic carbocycles. The highest BCUT2D eigenvalue weighted by Gasteiger charge is 2.33. The highest BCUT2D eigenvalue weighted by molar-refractivity contribution is 7.99. The number of nitrogens with two attached hydrogens (primary N) is 1. The molecule has 0 fully saturated rings. The van der Waals surface area contributed by atoms with Gasteiger partial charge in [0.05, 0.1) is 16.4 Å². The van der Waals surface area contributed by atoms with Crippen LogP contribution in [0.1, 0.15) is 51.6 Å². The highest BCUT2D eigenvalue weighted by Crippen LogP contribution is 2.35. The standard InChI is InChI=1S/C22H26N2O7S2/c1-22(2,3)31-21(30)16(23)17(15-9-6-10-32-15)33-11-14(20(28)29)24-18(25)12-7-4-5-8-13(12)19(26)27/h4-10,14,16-17H,11,23H2,1-3H3,(H,24,25)(H,26,27)(H,28,29)/t14-,16?,17?/m0/s1. The summed E-state index contributed by atoms with van der Waals surface area (Å²) in [7, 11) is 0. The van der Waals surface area contributed by atoms with Gasteiger partial charge in [-0.15, -0.1) is 23.1 Å². The molecule has 2 unspecified atom stereocenters. The van der Waals surface area contributed by atoms with Gasteiger partial charge in [0.15, 0.2) is 0 Å². The molecule has 0 radical (unpaired) electrons. The van der Waals surface area contributed by atoms with E-state index in [1.54, 1.807) is 32.9 Å². The van der Waals surface area contributed by atoms with Crippen LogP contribution in [0.15, 0.2) is 41.8 Å². The molecule has 0 bridgehead atoms. The molecule has 0 aliphatic heterocycles. The summed E-state index contributed by atoms with van der Waals surface area (Å²) in [6.07, 6.45) is 0. The van der Waals surface area contributed by atoms with Gasteiger partial charge in [0, 0.05) is 10.6 Å². The van der Waals surface area contributed by atoms with E-state index in [2.05, 4.69) is 5.32 Å². The zero-order chi connectivity index (χ0) is 24.8. The minimum absolute atomic E-state index is 0.116. The number of ether oxygens (including phenoxy) is 1. The van der Waals surface area contributed by atoms with Crippen LogP contribution in [0.5, 0.6) is 0 Å². The number of aliphatic carboxylic acids is 1. The number of nitrogens with one attached hydrogen (secondary N) is 1. The molecule has 2 rings (SSSR count). The minimum Gasteiger partial charge on any atom is -0.480 e. The molecular formula is C22H26N2O7S2. The molecule has 1 aromatic heterocycles. The van der Waals surface area contributed by atoms with Gasteiger partial charge in [-0.25, -0.2) is 9.59 Å². The summed E-state index contributed by atoms with van der Waals surface area (Å²) in [6.45, 7) is 5.15. The summed E-state index contributed by atoms with van der Waals surface area (Å²) in [4.78, 5) is 49.1. The summed E-state index contributed by atoms with van der Waals surface area (Å²) in [5.74, 6) is -4.18. The number of carboxylic acid groups (broad SMARTS) is 2.